The second-order valence-electron chi connectivity index (χ2n) is 11.1. The Bertz CT molecular complexity index is 653. The first kappa shape index (κ1) is 37.0. The predicted octanol–water partition coefficient (Wildman–Crippen LogP) is 6.56. The number of quaternary nitrogens is 1. The molecule has 0 aliphatic carbocycles. The van der Waals surface area contributed by atoms with Crippen LogP contribution in [0.25, 0.3) is 0 Å². The van der Waals surface area contributed by atoms with Crippen molar-refractivity contribution in [3.63, 3.8) is 0 Å². The highest BCUT2D eigenvalue weighted by Crippen LogP contribution is 2.43. The number of carbonyl (C=O) groups excluding carboxylic acids is 2. The minimum Gasteiger partial charge on any atom is -0.462 e. The lowest BCUT2D eigenvalue weighted by Gasteiger charge is -2.24. The van der Waals surface area contributed by atoms with Crippen LogP contribution in [-0.2, 0) is 32.7 Å². The number of rotatable bonds is 26. The number of ether oxygens (including phenoxy) is 2. The molecule has 0 heterocycles. The molecule has 0 aromatic rings. The fourth-order valence-corrected chi connectivity index (χ4v) is 4.46. The lowest BCUT2D eigenvalue weighted by molar-refractivity contribution is -0.870. The molecule has 0 amide bonds. The minimum atomic E-state index is -4.34. The van der Waals surface area contributed by atoms with Gasteiger partial charge in [0.05, 0.1) is 27.7 Å². The summed E-state index contributed by atoms with van der Waals surface area (Å²) in [6.07, 6.45) is 14.8. The first-order chi connectivity index (χ1) is 18.0. The van der Waals surface area contributed by atoms with Gasteiger partial charge in [0.2, 0.25) is 0 Å². The van der Waals surface area contributed by atoms with Crippen molar-refractivity contribution in [3.8, 4) is 0 Å². The first-order valence-electron chi connectivity index (χ1n) is 14.8. The zero-order chi connectivity index (χ0) is 28.7. The molecule has 0 aromatic heterocycles. The van der Waals surface area contributed by atoms with Gasteiger partial charge in [-0.1, -0.05) is 90.9 Å². The molecule has 0 aliphatic heterocycles. The topological polar surface area (TPSA) is 108 Å². The monoisotopic (exact) mass is 566 g/mol. The van der Waals surface area contributed by atoms with E-state index in [2.05, 4.69) is 13.8 Å². The van der Waals surface area contributed by atoms with Crippen LogP contribution in [0.4, 0.5) is 0 Å². The Balaban J connectivity index is 4.55. The summed E-state index contributed by atoms with van der Waals surface area (Å²) >= 11 is 0. The van der Waals surface area contributed by atoms with Crippen LogP contribution < -0.4 is 0 Å². The van der Waals surface area contributed by atoms with Crippen LogP contribution in [0, 0.1) is 0 Å². The Morgan fingerprint density at radius 2 is 1.18 bits per heavy atom. The van der Waals surface area contributed by atoms with E-state index in [-0.39, 0.29) is 32.0 Å². The van der Waals surface area contributed by atoms with Gasteiger partial charge in [-0.2, -0.15) is 0 Å². The van der Waals surface area contributed by atoms with Crippen LogP contribution in [0.3, 0.4) is 0 Å². The van der Waals surface area contributed by atoms with E-state index in [9.17, 15) is 19.0 Å². The minimum absolute atomic E-state index is 0.0351. The number of likely N-dealkylation sites (N-methyl/N-ethyl adjacent to an activating group) is 1. The van der Waals surface area contributed by atoms with Crippen molar-refractivity contribution in [2.45, 2.75) is 123 Å². The van der Waals surface area contributed by atoms with Gasteiger partial charge in [0.15, 0.2) is 6.10 Å². The van der Waals surface area contributed by atoms with Crippen LogP contribution in [-0.4, -0.2) is 74.9 Å². The maximum Gasteiger partial charge on any atom is 0.472 e. The molecule has 10 heteroatoms. The number of nitrogens with zero attached hydrogens (tertiary/aromatic N) is 1. The van der Waals surface area contributed by atoms with Crippen LogP contribution in [0.5, 0.6) is 0 Å². The Labute approximate surface area is 232 Å². The van der Waals surface area contributed by atoms with Crippen molar-refractivity contribution in [3.05, 3.63) is 0 Å². The van der Waals surface area contributed by atoms with E-state index in [1.54, 1.807) is 0 Å². The molecule has 0 radical (unpaired) electrons. The third kappa shape index (κ3) is 25.3. The molecular formula is C28H57NO8P+. The Kier molecular flexibility index (Phi) is 22.2. The zero-order valence-electron chi connectivity index (χ0n) is 24.9. The van der Waals surface area contributed by atoms with Crippen LogP contribution >= 0.6 is 7.82 Å². The standard InChI is InChI=1S/C28H56NO8P/c1-6-8-10-12-13-14-15-17-19-21-28(31)37-26(24-34-27(30)20-18-16-11-9-7-2)25-36-38(32,33)35-23-22-29(3,4)5/h26H,6-25H2,1-5H3/p+1. The zero-order valence-corrected chi connectivity index (χ0v) is 25.8. The molecule has 9 nitrogen and oxygen atoms in total. The summed E-state index contributed by atoms with van der Waals surface area (Å²) in [4.78, 5) is 34.5. The van der Waals surface area contributed by atoms with Gasteiger partial charge in [-0.15, -0.1) is 0 Å². The SMILES string of the molecule is CCCCCCCCCCCC(=O)OC(COC(=O)CCCCCCC)COP(=O)(O)OCC[N+](C)(C)C. The van der Waals surface area contributed by atoms with Gasteiger partial charge in [0.1, 0.15) is 19.8 Å². The Hall–Kier alpha value is -0.990. The van der Waals surface area contributed by atoms with Gasteiger partial charge in [-0.3, -0.25) is 18.6 Å². The molecule has 0 aromatic carbocycles. The number of hydrogen-bond acceptors (Lipinski definition) is 7. The van der Waals surface area contributed by atoms with Crippen molar-refractivity contribution in [1.82, 2.24) is 0 Å². The van der Waals surface area contributed by atoms with E-state index in [0.29, 0.717) is 17.4 Å². The van der Waals surface area contributed by atoms with Crippen LogP contribution in [0.2, 0.25) is 0 Å². The molecule has 2 unspecified atom stereocenters. The molecule has 2 atom stereocenters. The summed E-state index contributed by atoms with van der Waals surface area (Å²) < 4.78 is 33.7. The fourth-order valence-electron chi connectivity index (χ4n) is 3.72. The van der Waals surface area contributed by atoms with E-state index in [4.69, 9.17) is 18.5 Å². The summed E-state index contributed by atoms with van der Waals surface area (Å²) in [6, 6.07) is 0. The molecule has 0 rings (SSSR count). The Morgan fingerprint density at radius 1 is 0.711 bits per heavy atom. The third-order valence-electron chi connectivity index (χ3n) is 6.14. The summed E-state index contributed by atoms with van der Waals surface area (Å²) in [5, 5.41) is 0. The second kappa shape index (κ2) is 22.8. The normalized spacial score (nSPS) is 14.2. The largest absolute Gasteiger partial charge is 0.472 e. The molecule has 0 bridgehead atoms. The molecule has 0 aliphatic rings. The van der Waals surface area contributed by atoms with E-state index in [1.807, 2.05) is 21.1 Å². The van der Waals surface area contributed by atoms with Crippen LogP contribution in [0.1, 0.15) is 117 Å². The maximum absolute atomic E-state index is 12.4. The lowest BCUT2D eigenvalue weighted by Crippen LogP contribution is -2.37. The first-order valence-corrected chi connectivity index (χ1v) is 16.3. The molecule has 0 fully saturated rings. The average molecular weight is 567 g/mol. The van der Waals surface area contributed by atoms with Crippen molar-refractivity contribution in [1.29, 1.82) is 0 Å². The van der Waals surface area contributed by atoms with Crippen molar-refractivity contribution < 1.29 is 42.1 Å². The van der Waals surface area contributed by atoms with Gasteiger partial charge >= 0.3 is 19.8 Å². The summed E-state index contributed by atoms with van der Waals surface area (Å²) in [5.41, 5.74) is 0. The van der Waals surface area contributed by atoms with E-state index in [0.717, 1.165) is 44.9 Å². The number of phosphoric ester groups is 1. The molecule has 0 saturated carbocycles. The quantitative estimate of drug-likeness (QED) is 0.0543. The molecule has 1 N–H and O–H groups in total. The number of hydrogen-bond donors (Lipinski definition) is 1. The predicted molar refractivity (Wildman–Crippen MR) is 151 cm³/mol. The summed E-state index contributed by atoms with van der Waals surface area (Å²) in [5.74, 6) is -0.816. The Morgan fingerprint density at radius 3 is 1.68 bits per heavy atom. The highest BCUT2D eigenvalue weighted by Gasteiger charge is 2.27. The van der Waals surface area contributed by atoms with Gasteiger partial charge < -0.3 is 18.9 Å². The van der Waals surface area contributed by atoms with Crippen molar-refractivity contribution >= 4 is 19.8 Å². The molecule has 226 valence electrons. The van der Waals surface area contributed by atoms with Gasteiger partial charge in [-0.05, 0) is 12.8 Å². The van der Waals surface area contributed by atoms with Crippen LogP contribution in [0.15, 0.2) is 0 Å². The number of unbranched alkanes of at least 4 members (excludes halogenated alkanes) is 12. The van der Waals surface area contributed by atoms with Crippen molar-refractivity contribution in [2.75, 3.05) is 47.5 Å². The van der Waals surface area contributed by atoms with Gasteiger partial charge in [0, 0.05) is 12.8 Å². The smallest absolute Gasteiger partial charge is 0.462 e. The van der Waals surface area contributed by atoms with E-state index >= 15 is 0 Å². The fraction of sp³-hybridized carbons (Fsp3) is 0.929. The number of esters is 2. The molecule has 0 saturated heterocycles. The lowest BCUT2D eigenvalue weighted by atomic mass is 10.1. The summed E-state index contributed by atoms with van der Waals surface area (Å²) in [6.45, 7) is 4.27. The van der Waals surface area contributed by atoms with Gasteiger partial charge in [0.25, 0.3) is 0 Å². The molecule has 0 spiro atoms. The molecular weight excluding hydrogens is 509 g/mol. The van der Waals surface area contributed by atoms with E-state index < -0.39 is 26.5 Å². The highest BCUT2D eigenvalue weighted by atomic mass is 31.2. The number of phosphoric acid groups is 1. The summed E-state index contributed by atoms with van der Waals surface area (Å²) in [7, 11) is 1.48. The number of carbonyl (C=O) groups is 2. The maximum atomic E-state index is 12.4. The van der Waals surface area contributed by atoms with Gasteiger partial charge in [-0.25, -0.2) is 4.57 Å². The van der Waals surface area contributed by atoms with E-state index in [1.165, 1.54) is 38.5 Å². The van der Waals surface area contributed by atoms with Crippen molar-refractivity contribution in [2.24, 2.45) is 0 Å². The second-order valence-corrected chi connectivity index (χ2v) is 12.6. The third-order valence-corrected chi connectivity index (χ3v) is 7.12. The average Bonchev–Trinajstić information content (AvgIpc) is 2.83. The molecule has 38 heavy (non-hydrogen) atoms. The highest BCUT2D eigenvalue weighted by molar-refractivity contribution is 7.47.